The molecule has 2 aromatic rings. The van der Waals surface area contributed by atoms with E-state index >= 15 is 0 Å². The van der Waals surface area contributed by atoms with Gasteiger partial charge in [-0.2, -0.15) is 0 Å². The summed E-state index contributed by atoms with van der Waals surface area (Å²) < 4.78 is 10.5. The van der Waals surface area contributed by atoms with Crippen molar-refractivity contribution in [3.8, 4) is 11.5 Å². The first kappa shape index (κ1) is 23.4. The number of carbonyl (C=O) groups is 1. The lowest BCUT2D eigenvalue weighted by Gasteiger charge is -2.09. The molecular formula is C24H33NO3. The molecule has 0 aliphatic carbocycles. The number of ether oxygens (including phenoxy) is 2. The molecule has 2 aromatic carbocycles. The Labute approximate surface area is 169 Å². The van der Waals surface area contributed by atoms with E-state index < -0.39 is 0 Å². The number of ketones is 1. The van der Waals surface area contributed by atoms with Gasteiger partial charge < -0.3 is 9.47 Å². The molecule has 4 nitrogen and oxygen atoms in total. The van der Waals surface area contributed by atoms with Crippen LogP contribution in [0.1, 0.15) is 49.8 Å². The molecule has 0 N–H and O–H groups in total. The molecule has 0 bridgehead atoms. The second-order valence-corrected chi connectivity index (χ2v) is 6.77. The van der Waals surface area contributed by atoms with Gasteiger partial charge in [0.25, 0.3) is 0 Å². The molecule has 28 heavy (non-hydrogen) atoms. The minimum absolute atomic E-state index is 0.0384. The van der Waals surface area contributed by atoms with Crippen LogP contribution in [0.4, 0.5) is 0 Å². The van der Waals surface area contributed by atoms with Crippen LogP contribution in [-0.4, -0.2) is 32.3 Å². The summed E-state index contributed by atoms with van der Waals surface area (Å²) in [5, 5.41) is 0. The van der Waals surface area contributed by atoms with E-state index in [1.807, 2.05) is 44.3 Å². The topological polar surface area (TPSA) is 47.9 Å². The SMILES string of the molecule is CC(=O)COc1cccc(C)c1.CCCCC(=NC)c1ccc(OC)c(C)c1. The summed E-state index contributed by atoms with van der Waals surface area (Å²) in [5.74, 6) is 1.73. The van der Waals surface area contributed by atoms with Crippen molar-refractivity contribution in [2.45, 2.75) is 47.0 Å². The summed E-state index contributed by atoms with van der Waals surface area (Å²) in [4.78, 5) is 14.9. The summed E-state index contributed by atoms with van der Waals surface area (Å²) in [6.45, 7) is 7.92. The molecule has 0 radical (unpaired) electrons. The number of nitrogens with zero attached hydrogens (tertiary/aromatic N) is 1. The zero-order valence-corrected chi connectivity index (χ0v) is 18.0. The normalized spacial score (nSPS) is 10.7. The van der Waals surface area contributed by atoms with Gasteiger partial charge in [0.2, 0.25) is 0 Å². The molecule has 0 atom stereocenters. The van der Waals surface area contributed by atoms with Crippen LogP contribution in [0.5, 0.6) is 11.5 Å². The number of Topliss-reactive ketones (excluding diaryl/α,β-unsaturated/α-hetero) is 1. The van der Waals surface area contributed by atoms with Gasteiger partial charge in [-0.3, -0.25) is 9.79 Å². The largest absolute Gasteiger partial charge is 0.496 e. The minimum Gasteiger partial charge on any atom is -0.496 e. The highest BCUT2D eigenvalue weighted by atomic mass is 16.5. The van der Waals surface area contributed by atoms with Crippen molar-refractivity contribution < 1.29 is 14.3 Å². The standard InChI is InChI=1S/C14H21NO.C10H12O2/c1-5-6-7-13(15-3)12-8-9-14(16-4)11(2)10-12;1-8-4-3-5-10(6-8)12-7-9(2)11/h8-10H,5-7H2,1-4H3;3-6H,7H2,1-2H3. The van der Waals surface area contributed by atoms with Crippen LogP contribution < -0.4 is 9.47 Å². The molecule has 2 rings (SSSR count). The minimum atomic E-state index is 0.0384. The zero-order chi connectivity index (χ0) is 20.9. The van der Waals surface area contributed by atoms with Crippen molar-refractivity contribution in [3.05, 3.63) is 59.2 Å². The monoisotopic (exact) mass is 383 g/mol. The third-order valence-electron chi connectivity index (χ3n) is 4.20. The smallest absolute Gasteiger partial charge is 0.167 e. The van der Waals surface area contributed by atoms with E-state index in [4.69, 9.17) is 9.47 Å². The van der Waals surface area contributed by atoms with E-state index in [-0.39, 0.29) is 12.4 Å². The zero-order valence-electron chi connectivity index (χ0n) is 18.0. The molecule has 152 valence electrons. The van der Waals surface area contributed by atoms with Gasteiger partial charge >= 0.3 is 0 Å². The highest BCUT2D eigenvalue weighted by Gasteiger charge is 2.05. The maximum Gasteiger partial charge on any atom is 0.167 e. The van der Waals surface area contributed by atoms with E-state index in [2.05, 4.69) is 31.0 Å². The second-order valence-electron chi connectivity index (χ2n) is 6.77. The second kappa shape index (κ2) is 12.7. The van der Waals surface area contributed by atoms with Gasteiger partial charge in [-0.25, -0.2) is 0 Å². The maximum absolute atomic E-state index is 10.6. The Hall–Kier alpha value is -2.62. The number of hydrogen-bond donors (Lipinski definition) is 0. The van der Waals surface area contributed by atoms with E-state index in [1.54, 1.807) is 7.11 Å². The summed E-state index contributed by atoms with van der Waals surface area (Å²) in [7, 11) is 3.57. The fourth-order valence-corrected chi connectivity index (χ4v) is 2.68. The Morgan fingerprint density at radius 1 is 1.11 bits per heavy atom. The van der Waals surface area contributed by atoms with Crippen LogP contribution in [0.3, 0.4) is 0 Å². The Morgan fingerprint density at radius 3 is 2.39 bits per heavy atom. The quantitative estimate of drug-likeness (QED) is 0.559. The number of rotatable bonds is 8. The summed E-state index contributed by atoms with van der Waals surface area (Å²) in [5.41, 5.74) is 4.70. The van der Waals surface area contributed by atoms with Crippen LogP contribution >= 0.6 is 0 Å². The molecule has 0 unspecified atom stereocenters. The van der Waals surface area contributed by atoms with Gasteiger partial charge in [0, 0.05) is 12.8 Å². The van der Waals surface area contributed by atoms with Crippen molar-refractivity contribution in [2.75, 3.05) is 20.8 Å². The molecule has 0 amide bonds. The first-order valence-corrected chi connectivity index (χ1v) is 9.70. The fraction of sp³-hybridized carbons (Fsp3) is 0.417. The molecule has 0 aromatic heterocycles. The first-order chi connectivity index (χ1) is 13.4. The number of aryl methyl sites for hydroxylation is 2. The van der Waals surface area contributed by atoms with Gasteiger partial charge in [0.05, 0.1) is 7.11 Å². The lowest BCUT2D eigenvalue weighted by Crippen LogP contribution is -2.06. The molecule has 0 heterocycles. The molecule has 0 aliphatic heterocycles. The lowest BCUT2D eigenvalue weighted by atomic mass is 10.0. The Kier molecular flexibility index (Phi) is 10.6. The lowest BCUT2D eigenvalue weighted by molar-refractivity contribution is -0.118. The van der Waals surface area contributed by atoms with Crippen LogP contribution in [0.25, 0.3) is 0 Å². The van der Waals surface area contributed by atoms with Gasteiger partial charge in [0.1, 0.15) is 18.1 Å². The number of aliphatic imine (C=N–C) groups is 1. The number of hydrogen-bond acceptors (Lipinski definition) is 4. The van der Waals surface area contributed by atoms with Crippen LogP contribution in [0, 0.1) is 13.8 Å². The van der Waals surface area contributed by atoms with Gasteiger partial charge in [0.15, 0.2) is 5.78 Å². The molecular weight excluding hydrogens is 350 g/mol. The third-order valence-corrected chi connectivity index (χ3v) is 4.20. The van der Waals surface area contributed by atoms with Crippen LogP contribution in [0.15, 0.2) is 47.5 Å². The fourth-order valence-electron chi connectivity index (χ4n) is 2.68. The summed E-state index contributed by atoms with van der Waals surface area (Å²) in [6, 6.07) is 13.9. The molecule has 0 saturated carbocycles. The first-order valence-electron chi connectivity index (χ1n) is 9.70. The number of carbonyl (C=O) groups excluding carboxylic acids is 1. The van der Waals surface area contributed by atoms with Crippen LogP contribution in [-0.2, 0) is 4.79 Å². The predicted molar refractivity (Wildman–Crippen MR) is 117 cm³/mol. The molecule has 0 fully saturated rings. The number of methoxy groups -OCH3 is 1. The summed E-state index contributed by atoms with van der Waals surface area (Å²) in [6.07, 6.45) is 3.45. The van der Waals surface area contributed by atoms with Crippen molar-refractivity contribution in [1.29, 1.82) is 0 Å². The van der Waals surface area contributed by atoms with Gasteiger partial charge in [-0.15, -0.1) is 0 Å². The molecule has 0 saturated heterocycles. The molecule has 0 spiro atoms. The van der Waals surface area contributed by atoms with E-state index in [0.717, 1.165) is 29.0 Å². The van der Waals surface area contributed by atoms with E-state index in [9.17, 15) is 4.79 Å². The van der Waals surface area contributed by atoms with E-state index in [1.165, 1.54) is 31.0 Å². The highest BCUT2D eigenvalue weighted by Crippen LogP contribution is 2.20. The van der Waals surface area contributed by atoms with Crippen molar-refractivity contribution in [3.63, 3.8) is 0 Å². The van der Waals surface area contributed by atoms with Crippen LogP contribution in [0.2, 0.25) is 0 Å². The Bertz CT molecular complexity index is 781. The summed E-state index contributed by atoms with van der Waals surface area (Å²) >= 11 is 0. The third kappa shape index (κ3) is 8.38. The molecule has 4 heteroatoms. The maximum atomic E-state index is 10.6. The van der Waals surface area contributed by atoms with Crippen molar-refractivity contribution >= 4 is 11.5 Å². The highest BCUT2D eigenvalue weighted by molar-refractivity contribution is 6.00. The van der Waals surface area contributed by atoms with Crippen molar-refractivity contribution in [1.82, 2.24) is 0 Å². The van der Waals surface area contributed by atoms with Gasteiger partial charge in [-0.1, -0.05) is 25.5 Å². The molecule has 0 aliphatic rings. The number of benzene rings is 2. The van der Waals surface area contributed by atoms with Crippen molar-refractivity contribution in [2.24, 2.45) is 4.99 Å². The average Bonchev–Trinajstić information content (AvgIpc) is 2.68. The van der Waals surface area contributed by atoms with E-state index in [0.29, 0.717) is 0 Å². The predicted octanol–water partition coefficient (Wildman–Crippen LogP) is 5.58. The average molecular weight is 384 g/mol. The number of unbranched alkanes of at least 4 members (excludes halogenated alkanes) is 1. The Balaban J connectivity index is 0.000000292. The van der Waals surface area contributed by atoms with Gasteiger partial charge in [-0.05, 0) is 80.6 Å². The Morgan fingerprint density at radius 2 is 1.86 bits per heavy atom.